The van der Waals surface area contributed by atoms with Gasteiger partial charge in [0.15, 0.2) is 5.79 Å². The first-order valence-corrected chi connectivity index (χ1v) is 11.0. The molecule has 28 heavy (non-hydrogen) atoms. The van der Waals surface area contributed by atoms with Gasteiger partial charge in [-0.2, -0.15) is 0 Å². The van der Waals surface area contributed by atoms with Crippen LogP contribution < -0.4 is 22.9 Å². The van der Waals surface area contributed by atoms with Gasteiger partial charge >= 0.3 is 0 Å². The quantitative estimate of drug-likeness (QED) is 0.141. The van der Waals surface area contributed by atoms with E-state index in [-0.39, 0.29) is 6.10 Å². The second kappa shape index (κ2) is 17.5. The molecule has 0 aliphatic heterocycles. The molecule has 0 aromatic carbocycles. The summed E-state index contributed by atoms with van der Waals surface area (Å²) in [6.45, 7) is 2.12. The summed E-state index contributed by atoms with van der Waals surface area (Å²) in [5.74, 6) is -1.33. The number of nitrogens with two attached hydrogens (primary N) is 4. The van der Waals surface area contributed by atoms with Crippen LogP contribution in [0.3, 0.4) is 0 Å². The van der Waals surface area contributed by atoms with Crippen molar-refractivity contribution in [3.63, 3.8) is 0 Å². The summed E-state index contributed by atoms with van der Waals surface area (Å²) in [4.78, 5) is 0. The number of ether oxygens (including phenoxy) is 1. The number of hydrogen-bond donors (Lipinski definition) is 7. The molecule has 0 aromatic rings. The smallest absolute Gasteiger partial charge is 0.165 e. The Kier molecular flexibility index (Phi) is 17.3. The Hall–Kier alpha value is -0.320. The van der Waals surface area contributed by atoms with E-state index in [9.17, 15) is 15.3 Å². The monoisotopic (exact) mass is 406 g/mol. The first-order chi connectivity index (χ1) is 13.4. The Morgan fingerprint density at radius 2 is 1.11 bits per heavy atom. The fourth-order valence-corrected chi connectivity index (χ4v) is 3.31. The molecule has 0 aliphatic carbocycles. The predicted molar refractivity (Wildman–Crippen MR) is 113 cm³/mol. The molecule has 4 atom stereocenters. The van der Waals surface area contributed by atoms with Crippen LogP contribution in [-0.4, -0.2) is 65.6 Å². The van der Waals surface area contributed by atoms with Gasteiger partial charge in [0.25, 0.3) is 0 Å². The lowest BCUT2D eigenvalue weighted by molar-refractivity contribution is -0.243. The zero-order chi connectivity index (χ0) is 21.3. The number of aliphatic hydroxyl groups excluding tert-OH is 2. The number of aliphatic hydroxyl groups is 3. The number of hydrogen-bond acceptors (Lipinski definition) is 8. The highest BCUT2D eigenvalue weighted by Crippen LogP contribution is 2.28. The van der Waals surface area contributed by atoms with Crippen molar-refractivity contribution < 1.29 is 20.1 Å². The molecule has 0 aliphatic rings. The molecule has 170 valence electrons. The Morgan fingerprint density at radius 1 is 0.607 bits per heavy atom. The minimum Gasteiger partial charge on any atom is -0.393 e. The van der Waals surface area contributed by atoms with Crippen LogP contribution in [0.15, 0.2) is 0 Å². The molecule has 8 nitrogen and oxygen atoms in total. The van der Waals surface area contributed by atoms with E-state index >= 15 is 0 Å². The highest BCUT2D eigenvalue weighted by Gasteiger charge is 2.31. The van der Waals surface area contributed by atoms with E-state index < -0.39 is 18.0 Å². The first-order valence-electron chi connectivity index (χ1n) is 11.0. The third-order valence-electron chi connectivity index (χ3n) is 5.06. The summed E-state index contributed by atoms with van der Waals surface area (Å²) in [7, 11) is 0. The van der Waals surface area contributed by atoms with Gasteiger partial charge in [-0.25, -0.2) is 0 Å². The summed E-state index contributed by atoms with van der Waals surface area (Å²) in [6, 6.07) is 0. The fourth-order valence-electron chi connectivity index (χ4n) is 3.31. The van der Waals surface area contributed by atoms with Crippen molar-refractivity contribution >= 4 is 0 Å². The Labute approximate surface area is 171 Å². The van der Waals surface area contributed by atoms with Gasteiger partial charge in [0.1, 0.15) is 0 Å². The van der Waals surface area contributed by atoms with Gasteiger partial charge in [-0.3, -0.25) is 0 Å². The second-order valence-electron chi connectivity index (χ2n) is 7.79. The third kappa shape index (κ3) is 14.6. The van der Waals surface area contributed by atoms with Crippen molar-refractivity contribution in [1.29, 1.82) is 0 Å². The maximum Gasteiger partial charge on any atom is 0.165 e. The van der Waals surface area contributed by atoms with Gasteiger partial charge in [-0.1, -0.05) is 0 Å². The van der Waals surface area contributed by atoms with Crippen molar-refractivity contribution in [2.24, 2.45) is 22.9 Å². The van der Waals surface area contributed by atoms with Crippen LogP contribution in [0, 0.1) is 0 Å². The summed E-state index contributed by atoms with van der Waals surface area (Å²) >= 11 is 0. The van der Waals surface area contributed by atoms with Crippen LogP contribution >= 0.6 is 0 Å². The molecule has 0 amide bonds. The maximum atomic E-state index is 11.1. The van der Waals surface area contributed by atoms with Crippen LogP contribution in [0.1, 0.15) is 77.0 Å². The topological polar surface area (TPSA) is 174 Å². The van der Waals surface area contributed by atoms with Gasteiger partial charge < -0.3 is 43.0 Å². The zero-order valence-electron chi connectivity index (χ0n) is 17.6. The van der Waals surface area contributed by atoms with Crippen molar-refractivity contribution in [2.45, 2.75) is 101 Å². The van der Waals surface area contributed by atoms with Crippen LogP contribution in [0.2, 0.25) is 0 Å². The molecule has 0 fully saturated rings. The lowest BCUT2D eigenvalue weighted by Gasteiger charge is -2.34. The molecule has 0 aromatic heterocycles. The van der Waals surface area contributed by atoms with E-state index in [0.717, 1.165) is 25.7 Å². The normalized spacial score (nSPS) is 17.2. The lowest BCUT2D eigenvalue weighted by Crippen LogP contribution is -2.38. The predicted octanol–water partition coefficient (Wildman–Crippen LogP) is 0.298. The Morgan fingerprint density at radius 3 is 1.64 bits per heavy atom. The summed E-state index contributed by atoms with van der Waals surface area (Å²) in [5, 5.41) is 31.3. The fraction of sp³-hybridized carbons (Fsp3) is 1.00. The highest BCUT2D eigenvalue weighted by atomic mass is 16.6. The molecule has 0 rings (SSSR count). The van der Waals surface area contributed by atoms with Crippen molar-refractivity contribution in [1.82, 2.24) is 0 Å². The van der Waals surface area contributed by atoms with E-state index in [1.54, 1.807) is 0 Å². The van der Waals surface area contributed by atoms with Crippen molar-refractivity contribution in [3.8, 4) is 0 Å². The molecule has 8 heteroatoms. The second-order valence-corrected chi connectivity index (χ2v) is 7.79. The zero-order valence-corrected chi connectivity index (χ0v) is 17.6. The summed E-state index contributed by atoms with van der Waals surface area (Å²) in [6.07, 6.45) is 6.32. The standard InChI is InChI=1S/C20H46N4O4/c21-13-1-5-17(25)8-9-19(7-3-15-23)28-20(27,11-4-16-24)12-10-18(26)6-2-14-22/h17-19,25-27H,1-16,21-24H2. The Bertz CT molecular complexity index is 352. The summed E-state index contributed by atoms with van der Waals surface area (Å²) < 4.78 is 6.12. The highest BCUT2D eigenvalue weighted by molar-refractivity contribution is 4.75. The molecule has 0 heterocycles. The van der Waals surface area contributed by atoms with Gasteiger partial charge in [0.2, 0.25) is 0 Å². The minimum absolute atomic E-state index is 0.194. The molecule has 0 bridgehead atoms. The molecule has 4 unspecified atom stereocenters. The van der Waals surface area contributed by atoms with Gasteiger partial charge in [-0.15, -0.1) is 0 Å². The van der Waals surface area contributed by atoms with E-state index in [2.05, 4.69) is 0 Å². The van der Waals surface area contributed by atoms with Crippen molar-refractivity contribution in [3.05, 3.63) is 0 Å². The maximum absolute atomic E-state index is 11.1. The molecule has 0 saturated carbocycles. The molecule has 0 spiro atoms. The van der Waals surface area contributed by atoms with Gasteiger partial charge in [-0.05, 0) is 90.4 Å². The first kappa shape index (κ1) is 27.7. The summed E-state index contributed by atoms with van der Waals surface area (Å²) in [5.41, 5.74) is 22.3. The van der Waals surface area contributed by atoms with Crippen LogP contribution in [0.5, 0.6) is 0 Å². The van der Waals surface area contributed by atoms with E-state index in [1.165, 1.54) is 0 Å². The average molecular weight is 407 g/mol. The molecule has 0 radical (unpaired) electrons. The van der Waals surface area contributed by atoms with Crippen LogP contribution in [0.4, 0.5) is 0 Å². The molecule has 11 N–H and O–H groups in total. The van der Waals surface area contributed by atoms with E-state index in [0.29, 0.717) is 77.5 Å². The molecule has 0 saturated heterocycles. The minimum atomic E-state index is -1.33. The molecular formula is C20H46N4O4. The SMILES string of the molecule is NCCCC(O)CCC(CCCN)OC(O)(CCCN)CCC(O)CCCN. The van der Waals surface area contributed by atoms with Gasteiger partial charge in [0, 0.05) is 12.8 Å². The van der Waals surface area contributed by atoms with E-state index in [1.807, 2.05) is 0 Å². The number of rotatable bonds is 20. The van der Waals surface area contributed by atoms with Gasteiger partial charge in [0.05, 0.1) is 18.3 Å². The largest absolute Gasteiger partial charge is 0.393 e. The van der Waals surface area contributed by atoms with Crippen molar-refractivity contribution in [2.75, 3.05) is 26.2 Å². The van der Waals surface area contributed by atoms with Crippen LogP contribution in [-0.2, 0) is 4.74 Å². The molecular weight excluding hydrogens is 360 g/mol. The average Bonchev–Trinajstić information content (AvgIpc) is 2.69. The van der Waals surface area contributed by atoms with Crippen LogP contribution in [0.25, 0.3) is 0 Å². The third-order valence-corrected chi connectivity index (χ3v) is 5.06. The Balaban J connectivity index is 4.78. The lowest BCUT2D eigenvalue weighted by atomic mass is 9.98. The van der Waals surface area contributed by atoms with E-state index in [4.69, 9.17) is 27.7 Å².